The second-order valence-corrected chi connectivity index (χ2v) is 4.08. The molecule has 4 N–H and O–H groups in total. The van der Waals surface area contributed by atoms with E-state index in [4.69, 9.17) is 10.6 Å². The Labute approximate surface area is 88.5 Å². The molecule has 0 bridgehead atoms. The number of rotatable bonds is 2. The van der Waals surface area contributed by atoms with Crippen LogP contribution < -0.4 is 16.6 Å². The molecule has 0 saturated carbocycles. The highest BCUT2D eigenvalue weighted by molar-refractivity contribution is 6.34. The van der Waals surface area contributed by atoms with Gasteiger partial charge in [0.2, 0.25) is 0 Å². The van der Waals surface area contributed by atoms with Gasteiger partial charge in [0.25, 0.3) is 0 Å². The van der Waals surface area contributed by atoms with Crippen LogP contribution in [0.2, 0.25) is 0 Å². The van der Waals surface area contributed by atoms with E-state index in [1.54, 1.807) is 5.43 Å². The third-order valence-electron chi connectivity index (χ3n) is 2.71. The Morgan fingerprint density at radius 2 is 1.93 bits per heavy atom. The molecule has 2 amide bonds. The predicted molar refractivity (Wildman–Crippen MR) is 53.5 cm³/mol. The average molecular weight is 215 g/mol. The van der Waals surface area contributed by atoms with E-state index in [-0.39, 0.29) is 5.41 Å². The van der Waals surface area contributed by atoms with E-state index in [1.807, 2.05) is 0 Å². The van der Waals surface area contributed by atoms with Gasteiger partial charge in [-0.2, -0.15) is 0 Å². The van der Waals surface area contributed by atoms with Crippen LogP contribution in [-0.2, 0) is 14.3 Å². The van der Waals surface area contributed by atoms with Crippen molar-refractivity contribution in [3.63, 3.8) is 0 Å². The summed E-state index contributed by atoms with van der Waals surface area (Å²) in [6.07, 6.45) is 1.77. The molecule has 0 aromatic carbocycles. The highest BCUT2D eigenvalue weighted by Gasteiger charge is 2.28. The van der Waals surface area contributed by atoms with Crippen LogP contribution in [0.5, 0.6) is 0 Å². The first-order chi connectivity index (χ1) is 7.07. The Balaban J connectivity index is 2.35. The largest absolute Gasteiger partial charge is 0.381 e. The number of amides is 2. The summed E-state index contributed by atoms with van der Waals surface area (Å²) in [6.45, 7) is 3.95. The molecule has 1 fully saturated rings. The van der Waals surface area contributed by atoms with Gasteiger partial charge in [0.15, 0.2) is 0 Å². The lowest BCUT2D eigenvalue weighted by molar-refractivity contribution is -0.139. The molecule has 1 heterocycles. The van der Waals surface area contributed by atoms with Gasteiger partial charge >= 0.3 is 11.8 Å². The van der Waals surface area contributed by atoms with Crippen LogP contribution in [-0.4, -0.2) is 31.6 Å². The van der Waals surface area contributed by atoms with Crippen LogP contribution >= 0.6 is 0 Å². The maximum atomic E-state index is 11.1. The van der Waals surface area contributed by atoms with Gasteiger partial charge < -0.3 is 10.1 Å². The van der Waals surface area contributed by atoms with Crippen molar-refractivity contribution >= 4 is 11.8 Å². The number of hydrogen-bond acceptors (Lipinski definition) is 4. The van der Waals surface area contributed by atoms with Crippen LogP contribution in [0, 0.1) is 5.41 Å². The zero-order valence-electron chi connectivity index (χ0n) is 8.84. The monoisotopic (exact) mass is 215 g/mol. The summed E-state index contributed by atoms with van der Waals surface area (Å²) in [7, 11) is 0. The van der Waals surface area contributed by atoms with Crippen molar-refractivity contribution in [3.05, 3.63) is 0 Å². The standard InChI is InChI=1S/C9H17N3O3/c1-9(2-4-15-5-3-9)6-11-7(13)8(14)12-10/h2-6,10H2,1H3,(H,11,13)(H,12,14). The van der Waals surface area contributed by atoms with Gasteiger partial charge in [-0.3, -0.25) is 15.0 Å². The molecule has 0 aromatic rings. The molecule has 15 heavy (non-hydrogen) atoms. The molecule has 1 saturated heterocycles. The van der Waals surface area contributed by atoms with Crippen LogP contribution in [0.1, 0.15) is 19.8 Å². The topological polar surface area (TPSA) is 93.5 Å². The first-order valence-corrected chi connectivity index (χ1v) is 4.94. The molecule has 86 valence electrons. The summed E-state index contributed by atoms with van der Waals surface area (Å²) in [6, 6.07) is 0. The third kappa shape index (κ3) is 3.49. The number of nitrogens with one attached hydrogen (secondary N) is 2. The van der Waals surface area contributed by atoms with E-state index in [1.165, 1.54) is 0 Å². The summed E-state index contributed by atoms with van der Waals surface area (Å²) in [5.74, 6) is 3.33. The Hall–Kier alpha value is -1.14. The Bertz CT molecular complexity index is 249. The lowest BCUT2D eigenvalue weighted by Crippen LogP contribution is -2.47. The fourth-order valence-corrected chi connectivity index (χ4v) is 1.48. The third-order valence-corrected chi connectivity index (χ3v) is 2.71. The van der Waals surface area contributed by atoms with Gasteiger partial charge in [0.1, 0.15) is 0 Å². The van der Waals surface area contributed by atoms with Crippen LogP contribution in [0.15, 0.2) is 0 Å². The minimum absolute atomic E-state index is 0.0167. The fraction of sp³-hybridized carbons (Fsp3) is 0.778. The molecule has 6 nitrogen and oxygen atoms in total. The highest BCUT2D eigenvalue weighted by Crippen LogP contribution is 2.28. The van der Waals surface area contributed by atoms with Crippen molar-refractivity contribution in [1.29, 1.82) is 0 Å². The Morgan fingerprint density at radius 3 is 2.47 bits per heavy atom. The molecular formula is C9H17N3O3. The molecule has 0 unspecified atom stereocenters. The second-order valence-electron chi connectivity index (χ2n) is 4.08. The summed E-state index contributed by atoms with van der Waals surface area (Å²) in [4.78, 5) is 21.9. The molecule has 0 aromatic heterocycles. The predicted octanol–water partition coefficient (Wildman–Crippen LogP) is -1.09. The van der Waals surface area contributed by atoms with Crippen molar-refractivity contribution in [2.45, 2.75) is 19.8 Å². The Kier molecular flexibility index (Phi) is 4.05. The maximum Gasteiger partial charge on any atom is 0.323 e. The summed E-state index contributed by atoms with van der Waals surface area (Å²) < 4.78 is 5.23. The van der Waals surface area contributed by atoms with Crippen molar-refractivity contribution in [2.75, 3.05) is 19.8 Å². The fourth-order valence-electron chi connectivity index (χ4n) is 1.48. The van der Waals surface area contributed by atoms with Crippen LogP contribution in [0.25, 0.3) is 0 Å². The van der Waals surface area contributed by atoms with Crippen molar-refractivity contribution in [2.24, 2.45) is 11.3 Å². The van der Waals surface area contributed by atoms with Gasteiger partial charge in [0.05, 0.1) is 0 Å². The van der Waals surface area contributed by atoms with Gasteiger partial charge in [-0.15, -0.1) is 0 Å². The van der Waals surface area contributed by atoms with E-state index in [2.05, 4.69) is 12.2 Å². The van der Waals surface area contributed by atoms with E-state index in [0.717, 1.165) is 12.8 Å². The zero-order valence-corrected chi connectivity index (χ0v) is 8.84. The molecule has 1 rings (SSSR count). The van der Waals surface area contributed by atoms with E-state index < -0.39 is 11.8 Å². The van der Waals surface area contributed by atoms with Gasteiger partial charge in [-0.25, -0.2) is 5.84 Å². The van der Waals surface area contributed by atoms with Crippen molar-refractivity contribution in [1.82, 2.24) is 10.7 Å². The van der Waals surface area contributed by atoms with Gasteiger partial charge in [0, 0.05) is 19.8 Å². The molecule has 6 heteroatoms. The molecule has 1 aliphatic rings. The Morgan fingerprint density at radius 1 is 1.33 bits per heavy atom. The summed E-state index contributed by atoms with van der Waals surface area (Å²) in [5, 5.41) is 2.56. The lowest BCUT2D eigenvalue weighted by Gasteiger charge is -2.33. The number of hydrazine groups is 1. The molecular weight excluding hydrogens is 198 g/mol. The first-order valence-electron chi connectivity index (χ1n) is 4.94. The van der Waals surface area contributed by atoms with Gasteiger partial charge in [-0.1, -0.05) is 6.92 Å². The summed E-state index contributed by atoms with van der Waals surface area (Å²) >= 11 is 0. The van der Waals surface area contributed by atoms with E-state index >= 15 is 0 Å². The average Bonchev–Trinajstić information content (AvgIpc) is 2.26. The van der Waals surface area contributed by atoms with Gasteiger partial charge in [-0.05, 0) is 18.3 Å². The van der Waals surface area contributed by atoms with Crippen molar-refractivity contribution in [3.8, 4) is 0 Å². The maximum absolute atomic E-state index is 11.1. The van der Waals surface area contributed by atoms with E-state index in [9.17, 15) is 9.59 Å². The molecule has 0 radical (unpaired) electrons. The lowest BCUT2D eigenvalue weighted by atomic mass is 9.82. The zero-order chi connectivity index (χ0) is 11.3. The minimum Gasteiger partial charge on any atom is -0.381 e. The number of hydrogen-bond donors (Lipinski definition) is 3. The molecule has 0 aliphatic carbocycles. The smallest absolute Gasteiger partial charge is 0.323 e. The van der Waals surface area contributed by atoms with E-state index in [0.29, 0.717) is 19.8 Å². The number of nitrogens with two attached hydrogens (primary N) is 1. The van der Waals surface area contributed by atoms with Crippen molar-refractivity contribution < 1.29 is 14.3 Å². The quantitative estimate of drug-likeness (QED) is 0.236. The molecule has 0 spiro atoms. The molecule has 1 aliphatic heterocycles. The molecule has 0 atom stereocenters. The summed E-state index contributed by atoms with van der Waals surface area (Å²) in [5.41, 5.74) is 1.81. The minimum atomic E-state index is -0.814. The number of ether oxygens (including phenoxy) is 1. The first kappa shape index (κ1) is 11.9. The SMILES string of the molecule is CC1(CNC(=O)C(=O)NN)CCOCC1. The normalized spacial score (nSPS) is 19.3. The highest BCUT2D eigenvalue weighted by atomic mass is 16.5. The van der Waals surface area contributed by atoms with Crippen LogP contribution in [0.4, 0.5) is 0 Å². The van der Waals surface area contributed by atoms with Crippen LogP contribution in [0.3, 0.4) is 0 Å². The second kappa shape index (κ2) is 5.09. The number of carbonyl (C=O) groups is 2. The number of carbonyl (C=O) groups excluding carboxylic acids is 2.